The number of nitrogens with zero attached hydrogens (tertiary/aromatic N) is 2. The molecule has 0 saturated heterocycles. The van der Waals surface area contributed by atoms with Crippen molar-refractivity contribution in [3.63, 3.8) is 0 Å². The molecule has 3 rings (SSSR count). The number of rotatable bonds is 10. The second kappa shape index (κ2) is 12.8. The number of sulfonamides is 1. The number of carbonyl (C=O) groups excluding carboxylic acids is 2. The Bertz CT molecular complexity index is 1420. The van der Waals surface area contributed by atoms with Crippen LogP contribution in [-0.2, 0) is 32.6 Å². The van der Waals surface area contributed by atoms with Crippen molar-refractivity contribution in [2.24, 2.45) is 0 Å². The highest BCUT2D eigenvalue weighted by Gasteiger charge is 2.33. The molecule has 1 N–H and O–H groups in total. The predicted molar refractivity (Wildman–Crippen MR) is 153 cm³/mol. The molecule has 0 unspecified atom stereocenters. The molecule has 3 aromatic rings. The van der Waals surface area contributed by atoms with E-state index in [4.69, 9.17) is 34.8 Å². The van der Waals surface area contributed by atoms with Crippen molar-refractivity contribution < 1.29 is 18.0 Å². The normalized spacial score (nSPS) is 12.1. The second-order valence-corrected chi connectivity index (χ2v) is 12.0. The van der Waals surface area contributed by atoms with Gasteiger partial charge in [-0.1, -0.05) is 71.2 Å². The molecule has 0 radical (unpaired) electrons. The average molecular weight is 597 g/mol. The zero-order valence-corrected chi connectivity index (χ0v) is 24.2. The molecule has 0 heterocycles. The summed E-state index contributed by atoms with van der Waals surface area (Å²) in [4.78, 5) is 28.4. The van der Waals surface area contributed by atoms with E-state index in [1.807, 2.05) is 30.3 Å². The lowest BCUT2D eigenvalue weighted by Crippen LogP contribution is -2.53. The number of hydrogen-bond donors (Lipinski definition) is 1. The quantitative estimate of drug-likeness (QED) is 0.353. The van der Waals surface area contributed by atoms with Crippen LogP contribution in [0, 0.1) is 6.92 Å². The van der Waals surface area contributed by atoms with E-state index >= 15 is 0 Å². The third kappa shape index (κ3) is 7.63. The van der Waals surface area contributed by atoms with Gasteiger partial charge in [0.05, 0.1) is 11.9 Å². The molecular weight excluding hydrogens is 569 g/mol. The van der Waals surface area contributed by atoms with Gasteiger partial charge in [0.1, 0.15) is 12.6 Å². The summed E-state index contributed by atoms with van der Waals surface area (Å²) < 4.78 is 26.7. The van der Waals surface area contributed by atoms with Crippen LogP contribution in [0.1, 0.15) is 16.7 Å². The Balaban J connectivity index is 2.07. The topological polar surface area (TPSA) is 86.8 Å². The SMILES string of the molecule is CNC(=O)[C@@H](Cc1ccccc1)N(Cc1ccc(Cl)cc1Cl)C(=O)CN(c1ccc(Cl)cc1C)S(C)(=O)=O. The van der Waals surface area contributed by atoms with E-state index in [2.05, 4.69) is 5.32 Å². The summed E-state index contributed by atoms with van der Waals surface area (Å²) in [5.74, 6) is -0.985. The van der Waals surface area contributed by atoms with Gasteiger partial charge in [-0.15, -0.1) is 0 Å². The molecule has 0 aromatic heterocycles. The van der Waals surface area contributed by atoms with E-state index in [1.165, 1.54) is 11.9 Å². The minimum absolute atomic E-state index is 0.0447. The van der Waals surface area contributed by atoms with Gasteiger partial charge in [0.2, 0.25) is 21.8 Å². The zero-order chi connectivity index (χ0) is 28.0. The molecule has 202 valence electrons. The Hall–Kier alpha value is -2.78. The molecule has 3 aromatic carbocycles. The number of amides is 2. The number of benzene rings is 3. The van der Waals surface area contributed by atoms with E-state index in [-0.39, 0.29) is 13.0 Å². The van der Waals surface area contributed by atoms with Crippen LogP contribution in [-0.4, -0.2) is 51.0 Å². The third-order valence-electron chi connectivity index (χ3n) is 5.98. The van der Waals surface area contributed by atoms with Crippen molar-refractivity contribution >= 4 is 62.3 Å². The maximum atomic E-state index is 13.9. The lowest BCUT2D eigenvalue weighted by atomic mass is 10.0. The summed E-state index contributed by atoms with van der Waals surface area (Å²) >= 11 is 18.6. The molecule has 0 saturated carbocycles. The Morgan fingerprint density at radius 1 is 0.947 bits per heavy atom. The fourth-order valence-corrected chi connectivity index (χ4v) is 5.65. The molecule has 0 bridgehead atoms. The number of carbonyl (C=O) groups is 2. The van der Waals surface area contributed by atoms with Crippen LogP contribution >= 0.6 is 34.8 Å². The number of nitrogens with one attached hydrogen (secondary N) is 1. The first kappa shape index (κ1) is 29.8. The van der Waals surface area contributed by atoms with Crippen LogP contribution in [0.25, 0.3) is 0 Å². The zero-order valence-electron chi connectivity index (χ0n) is 21.1. The predicted octanol–water partition coefficient (Wildman–Crippen LogP) is 5.11. The first-order valence-electron chi connectivity index (χ1n) is 11.6. The maximum absolute atomic E-state index is 13.9. The van der Waals surface area contributed by atoms with Gasteiger partial charge >= 0.3 is 0 Å². The van der Waals surface area contributed by atoms with Crippen molar-refractivity contribution in [2.75, 3.05) is 24.2 Å². The van der Waals surface area contributed by atoms with Gasteiger partial charge in [0.25, 0.3) is 0 Å². The second-order valence-electron chi connectivity index (χ2n) is 8.78. The molecular formula is C27H28Cl3N3O4S. The van der Waals surface area contributed by atoms with Crippen LogP contribution in [0.4, 0.5) is 5.69 Å². The van der Waals surface area contributed by atoms with Crippen LogP contribution in [0.5, 0.6) is 0 Å². The van der Waals surface area contributed by atoms with E-state index < -0.39 is 34.4 Å². The van der Waals surface area contributed by atoms with Crippen molar-refractivity contribution in [1.29, 1.82) is 0 Å². The average Bonchev–Trinajstić information content (AvgIpc) is 2.85. The first-order chi connectivity index (χ1) is 17.9. The van der Waals surface area contributed by atoms with Crippen molar-refractivity contribution in [1.82, 2.24) is 10.2 Å². The molecule has 0 fully saturated rings. The van der Waals surface area contributed by atoms with Crippen LogP contribution < -0.4 is 9.62 Å². The summed E-state index contributed by atoms with van der Waals surface area (Å²) in [7, 11) is -2.40. The Morgan fingerprint density at radius 3 is 2.16 bits per heavy atom. The van der Waals surface area contributed by atoms with Gasteiger partial charge in [-0.05, 0) is 53.9 Å². The van der Waals surface area contributed by atoms with Gasteiger partial charge in [0, 0.05) is 35.1 Å². The molecule has 0 aliphatic rings. The summed E-state index contributed by atoms with van der Waals surface area (Å²) in [5, 5.41) is 3.81. The standard InChI is InChI=1S/C27H28Cl3N3O4S/c1-18-13-21(28)11-12-24(18)33(38(3,36)37)17-26(34)32(16-20-9-10-22(29)15-23(20)30)25(27(35)31-2)14-19-7-5-4-6-8-19/h4-13,15,25H,14,16-17H2,1-3H3,(H,31,35)/t25-/m1/s1. The number of halogens is 3. The van der Waals surface area contributed by atoms with Crippen LogP contribution in [0.15, 0.2) is 66.7 Å². The third-order valence-corrected chi connectivity index (χ3v) is 7.93. The van der Waals surface area contributed by atoms with E-state index in [0.29, 0.717) is 31.9 Å². The van der Waals surface area contributed by atoms with Gasteiger partial charge in [0.15, 0.2) is 0 Å². The molecule has 11 heteroatoms. The van der Waals surface area contributed by atoms with Gasteiger partial charge in [-0.2, -0.15) is 0 Å². The minimum Gasteiger partial charge on any atom is -0.357 e. The fraction of sp³-hybridized carbons (Fsp3) is 0.259. The molecule has 1 atom stereocenters. The number of aryl methyl sites for hydroxylation is 1. The largest absolute Gasteiger partial charge is 0.357 e. The van der Waals surface area contributed by atoms with Gasteiger partial charge in [-0.3, -0.25) is 13.9 Å². The number of likely N-dealkylation sites (N-methyl/N-ethyl adjacent to an activating group) is 1. The smallest absolute Gasteiger partial charge is 0.244 e. The summed E-state index contributed by atoms with van der Waals surface area (Å²) in [6, 6.07) is 17.9. The molecule has 0 spiro atoms. The molecule has 7 nitrogen and oxygen atoms in total. The molecule has 2 amide bonds. The van der Waals surface area contributed by atoms with Crippen molar-refractivity contribution in [2.45, 2.75) is 25.9 Å². The van der Waals surface area contributed by atoms with Gasteiger partial charge < -0.3 is 10.2 Å². The fourth-order valence-electron chi connectivity index (χ4n) is 4.05. The first-order valence-corrected chi connectivity index (χ1v) is 14.6. The Morgan fingerprint density at radius 2 is 1.58 bits per heavy atom. The summed E-state index contributed by atoms with van der Waals surface area (Å²) in [6.45, 7) is 1.13. The maximum Gasteiger partial charge on any atom is 0.244 e. The van der Waals surface area contributed by atoms with Gasteiger partial charge in [-0.25, -0.2) is 8.42 Å². The highest BCUT2D eigenvalue weighted by molar-refractivity contribution is 7.92. The lowest BCUT2D eigenvalue weighted by Gasteiger charge is -2.33. The lowest BCUT2D eigenvalue weighted by molar-refractivity contribution is -0.139. The molecule has 38 heavy (non-hydrogen) atoms. The minimum atomic E-state index is -3.88. The number of anilines is 1. The van der Waals surface area contributed by atoms with Crippen LogP contribution in [0.2, 0.25) is 15.1 Å². The molecule has 0 aliphatic heterocycles. The van der Waals surface area contributed by atoms with E-state index in [0.717, 1.165) is 16.1 Å². The monoisotopic (exact) mass is 595 g/mol. The van der Waals surface area contributed by atoms with E-state index in [9.17, 15) is 18.0 Å². The number of hydrogen-bond acceptors (Lipinski definition) is 4. The van der Waals surface area contributed by atoms with Crippen molar-refractivity contribution in [3.8, 4) is 0 Å². The van der Waals surface area contributed by atoms with E-state index in [1.54, 1.807) is 43.3 Å². The van der Waals surface area contributed by atoms with Crippen LogP contribution in [0.3, 0.4) is 0 Å². The highest BCUT2D eigenvalue weighted by atomic mass is 35.5. The highest BCUT2D eigenvalue weighted by Crippen LogP contribution is 2.27. The summed E-state index contributed by atoms with van der Waals surface area (Å²) in [6.07, 6.45) is 1.23. The Labute approximate surface area is 238 Å². The Kier molecular flexibility index (Phi) is 10.1. The molecule has 0 aliphatic carbocycles. The summed E-state index contributed by atoms with van der Waals surface area (Å²) in [5.41, 5.74) is 2.28. The van der Waals surface area contributed by atoms with Crippen molar-refractivity contribution in [3.05, 3.63) is 98.5 Å².